The van der Waals surface area contributed by atoms with E-state index in [2.05, 4.69) is 72.3 Å². The molecule has 1 aromatic heterocycles. The van der Waals surface area contributed by atoms with Crippen LogP contribution in [-0.2, 0) is 11.2 Å². The van der Waals surface area contributed by atoms with E-state index in [1.807, 2.05) is 18.0 Å². The zero-order valence-corrected chi connectivity index (χ0v) is 24.5. The van der Waals surface area contributed by atoms with Crippen LogP contribution in [0.1, 0.15) is 67.6 Å². The summed E-state index contributed by atoms with van der Waals surface area (Å²) < 4.78 is 0. The Morgan fingerprint density at radius 2 is 1.87 bits per heavy atom. The van der Waals surface area contributed by atoms with Crippen LogP contribution in [0.5, 0.6) is 0 Å². The minimum atomic E-state index is 0.0233. The van der Waals surface area contributed by atoms with Crippen LogP contribution in [0, 0.1) is 5.92 Å². The lowest BCUT2D eigenvalue weighted by molar-refractivity contribution is -0.115. The van der Waals surface area contributed by atoms with Gasteiger partial charge in [0.25, 0.3) is 0 Å². The first kappa shape index (κ1) is 26.6. The van der Waals surface area contributed by atoms with Crippen LogP contribution in [0.25, 0.3) is 0 Å². The number of hydrogen-bond acceptors (Lipinski definition) is 5. The first-order valence-corrected chi connectivity index (χ1v) is 16.3. The van der Waals surface area contributed by atoms with Crippen molar-refractivity contribution in [2.75, 3.05) is 18.0 Å². The molecule has 4 aliphatic rings. The molecular formula is C34H38N2OS2. The average molecular weight is 555 g/mol. The molecule has 0 bridgehead atoms. The molecular weight excluding hydrogens is 517 g/mol. The van der Waals surface area contributed by atoms with Gasteiger partial charge in [-0.3, -0.25) is 9.79 Å². The number of ketones is 1. The molecule has 3 nitrogen and oxygen atoms in total. The second-order valence-corrected chi connectivity index (χ2v) is 13.4. The molecule has 1 saturated heterocycles. The van der Waals surface area contributed by atoms with E-state index in [-0.39, 0.29) is 17.7 Å². The van der Waals surface area contributed by atoms with E-state index < -0.39 is 0 Å². The summed E-state index contributed by atoms with van der Waals surface area (Å²) in [5, 5.41) is 2.55. The maximum Gasteiger partial charge on any atom is 0.164 e. The molecule has 39 heavy (non-hydrogen) atoms. The van der Waals surface area contributed by atoms with E-state index in [9.17, 15) is 4.79 Å². The molecule has 1 aromatic carbocycles. The molecule has 3 aliphatic heterocycles. The fourth-order valence-electron chi connectivity index (χ4n) is 6.39. The standard InChI is InChI=1S/C34H38N2OS2/c1-3-25-21-30(37)28(31-14-15-33(39-31)32-9-8-18-38-32)20-26-22-35-29(23(2)34(25)26)19-24-10-12-27(13-11-24)36-16-6-4-5-7-17-36/h8-14,18,20,22,25,29,33H,2-7,15-17,19,21H2,1H3. The van der Waals surface area contributed by atoms with Gasteiger partial charge in [0.05, 0.1) is 6.04 Å². The van der Waals surface area contributed by atoms with Crippen LogP contribution in [0.15, 0.2) is 92.7 Å². The summed E-state index contributed by atoms with van der Waals surface area (Å²) in [5.74, 6) is 0.442. The number of carbonyl (C=O) groups excluding carboxylic acids is 1. The molecule has 1 aliphatic carbocycles. The fourth-order valence-corrected chi connectivity index (χ4v) is 8.61. The molecule has 202 valence electrons. The van der Waals surface area contributed by atoms with Crippen molar-refractivity contribution in [3.63, 3.8) is 0 Å². The molecule has 0 amide bonds. The summed E-state index contributed by atoms with van der Waals surface area (Å²) in [6, 6.07) is 13.4. The number of anilines is 1. The Morgan fingerprint density at radius 1 is 1.08 bits per heavy atom. The van der Waals surface area contributed by atoms with Gasteiger partial charge in [-0.15, -0.1) is 23.1 Å². The van der Waals surface area contributed by atoms with Crippen LogP contribution in [0.3, 0.4) is 0 Å². The number of aliphatic imine (C=N–C) groups is 1. The van der Waals surface area contributed by atoms with Crippen LogP contribution in [0.2, 0.25) is 0 Å². The number of Topliss-reactive ketones (excluding diaryl/α,β-unsaturated/α-hetero) is 1. The normalized spacial score (nSPS) is 25.8. The first-order valence-electron chi connectivity index (χ1n) is 14.6. The first-order chi connectivity index (χ1) is 19.1. The third kappa shape index (κ3) is 5.67. The largest absolute Gasteiger partial charge is 0.372 e. The minimum Gasteiger partial charge on any atom is -0.372 e. The number of benzene rings is 1. The predicted octanol–water partition coefficient (Wildman–Crippen LogP) is 8.66. The molecule has 4 heterocycles. The Labute approximate surface area is 241 Å². The summed E-state index contributed by atoms with van der Waals surface area (Å²) in [6.45, 7) is 9.09. The molecule has 0 saturated carbocycles. The van der Waals surface area contributed by atoms with E-state index in [1.54, 1.807) is 11.3 Å². The Kier molecular flexibility index (Phi) is 8.08. The zero-order valence-electron chi connectivity index (χ0n) is 22.9. The van der Waals surface area contributed by atoms with Gasteiger partial charge in [-0.05, 0) is 90.0 Å². The lowest BCUT2D eigenvalue weighted by Crippen LogP contribution is -2.24. The molecule has 0 N–H and O–H groups in total. The van der Waals surface area contributed by atoms with E-state index >= 15 is 0 Å². The van der Waals surface area contributed by atoms with E-state index in [1.165, 1.54) is 47.4 Å². The number of carbonyl (C=O) groups is 1. The lowest BCUT2D eigenvalue weighted by Gasteiger charge is -2.28. The van der Waals surface area contributed by atoms with Gasteiger partial charge in [0.2, 0.25) is 0 Å². The van der Waals surface area contributed by atoms with Crippen LogP contribution in [-0.4, -0.2) is 31.1 Å². The van der Waals surface area contributed by atoms with Crippen molar-refractivity contribution in [2.24, 2.45) is 10.9 Å². The minimum absolute atomic E-state index is 0.0233. The summed E-state index contributed by atoms with van der Waals surface area (Å²) in [4.78, 5) is 23.6. The van der Waals surface area contributed by atoms with Gasteiger partial charge in [-0.1, -0.05) is 50.6 Å². The van der Waals surface area contributed by atoms with Crippen molar-refractivity contribution in [2.45, 2.75) is 69.6 Å². The van der Waals surface area contributed by atoms with Gasteiger partial charge in [0, 0.05) is 52.0 Å². The number of allylic oxidation sites excluding steroid dienone is 4. The topological polar surface area (TPSA) is 32.7 Å². The highest BCUT2D eigenvalue weighted by molar-refractivity contribution is 8.04. The summed E-state index contributed by atoms with van der Waals surface area (Å²) >= 11 is 3.64. The summed E-state index contributed by atoms with van der Waals surface area (Å²) in [7, 11) is 0. The van der Waals surface area contributed by atoms with Gasteiger partial charge in [-0.2, -0.15) is 0 Å². The highest BCUT2D eigenvalue weighted by Crippen LogP contribution is 2.49. The second-order valence-electron chi connectivity index (χ2n) is 11.2. The number of rotatable bonds is 6. The Hall–Kier alpha value is -2.63. The molecule has 1 fully saturated rings. The Morgan fingerprint density at radius 3 is 2.59 bits per heavy atom. The molecule has 0 radical (unpaired) electrons. The molecule has 3 atom stereocenters. The number of hydrogen-bond donors (Lipinski definition) is 0. The molecule has 0 spiro atoms. The van der Waals surface area contributed by atoms with E-state index in [0.717, 1.165) is 54.0 Å². The Bertz CT molecular complexity index is 1340. The van der Waals surface area contributed by atoms with E-state index in [4.69, 9.17) is 4.99 Å². The molecule has 2 aromatic rings. The Balaban J connectivity index is 1.19. The van der Waals surface area contributed by atoms with E-state index in [0.29, 0.717) is 11.7 Å². The van der Waals surface area contributed by atoms with Crippen molar-refractivity contribution < 1.29 is 4.79 Å². The highest BCUT2D eigenvalue weighted by atomic mass is 32.2. The third-order valence-corrected chi connectivity index (χ3v) is 11.1. The fraction of sp³-hybridized carbons (Fsp3) is 0.412. The van der Waals surface area contributed by atoms with Crippen molar-refractivity contribution >= 4 is 40.8 Å². The SMILES string of the molecule is C=C1C2=C(C=NC1Cc1ccc(N3CCCCCC3)cc1)C=C(C1=CCC(c3cccs3)S1)C(=O)CC2CC. The van der Waals surface area contributed by atoms with Gasteiger partial charge in [0.1, 0.15) is 0 Å². The highest BCUT2D eigenvalue weighted by Gasteiger charge is 2.34. The molecule has 6 rings (SSSR count). The molecule has 3 unspecified atom stereocenters. The lowest BCUT2D eigenvalue weighted by atomic mass is 9.80. The number of nitrogens with zero attached hydrogens (tertiary/aromatic N) is 2. The predicted molar refractivity (Wildman–Crippen MR) is 168 cm³/mol. The third-order valence-electron chi connectivity index (χ3n) is 8.63. The van der Waals surface area contributed by atoms with Gasteiger partial charge >= 0.3 is 0 Å². The summed E-state index contributed by atoms with van der Waals surface area (Å²) in [5.41, 5.74) is 6.92. The molecule has 5 heteroatoms. The smallest absolute Gasteiger partial charge is 0.164 e. The van der Waals surface area contributed by atoms with Crippen molar-refractivity contribution in [3.05, 3.63) is 98.1 Å². The van der Waals surface area contributed by atoms with Gasteiger partial charge < -0.3 is 4.90 Å². The number of thioether (sulfide) groups is 1. The van der Waals surface area contributed by atoms with Gasteiger partial charge in [-0.25, -0.2) is 0 Å². The van der Waals surface area contributed by atoms with Crippen molar-refractivity contribution in [3.8, 4) is 0 Å². The van der Waals surface area contributed by atoms with Crippen LogP contribution >= 0.6 is 23.1 Å². The average Bonchev–Trinajstić information content (AvgIpc) is 3.56. The van der Waals surface area contributed by atoms with Crippen LogP contribution in [0.4, 0.5) is 5.69 Å². The number of dihydropyridines is 1. The second kappa shape index (κ2) is 11.9. The zero-order chi connectivity index (χ0) is 26.8. The van der Waals surface area contributed by atoms with Crippen molar-refractivity contribution in [1.29, 1.82) is 0 Å². The number of thiophene rings is 1. The monoisotopic (exact) mass is 554 g/mol. The maximum atomic E-state index is 13.5. The van der Waals surface area contributed by atoms with Crippen molar-refractivity contribution in [1.82, 2.24) is 0 Å². The summed E-state index contributed by atoms with van der Waals surface area (Å²) in [6.07, 6.45) is 15.0. The maximum absolute atomic E-state index is 13.5. The van der Waals surface area contributed by atoms with Gasteiger partial charge in [0.15, 0.2) is 5.78 Å². The quantitative estimate of drug-likeness (QED) is 0.358. The van der Waals surface area contributed by atoms with Crippen LogP contribution < -0.4 is 4.90 Å².